The highest BCUT2D eigenvalue weighted by atomic mass is 79.9. The van der Waals surface area contributed by atoms with Crippen LogP contribution in [-0.4, -0.2) is 10.6 Å². The number of halogens is 1. The molecule has 0 radical (unpaired) electrons. The van der Waals surface area contributed by atoms with Crippen LogP contribution in [-0.2, 0) is 0 Å². The molecule has 0 bridgehead atoms. The number of nitrogens with two attached hydrogens (primary N) is 1. The first kappa shape index (κ1) is 14.1. The summed E-state index contributed by atoms with van der Waals surface area (Å²) in [4.78, 5) is 12.5. The van der Waals surface area contributed by atoms with Gasteiger partial charge in [-0.05, 0) is 17.7 Å². The lowest BCUT2D eigenvalue weighted by atomic mass is 9.98. The first-order chi connectivity index (χ1) is 9.11. The fourth-order valence-corrected chi connectivity index (χ4v) is 2.44. The normalized spacial score (nSPS) is 11.9. The third kappa shape index (κ3) is 3.15. The van der Waals surface area contributed by atoms with E-state index in [1.807, 2.05) is 42.5 Å². The Kier molecular flexibility index (Phi) is 4.58. The second-order valence-electron chi connectivity index (χ2n) is 4.06. The van der Waals surface area contributed by atoms with Crippen molar-refractivity contribution in [3.63, 3.8) is 0 Å². The van der Waals surface area contributed by atoms with Crippen molar-refractivity contribution < 1.29 is 4.79 Å². The summed E-state index contributed by atoms with van der Waals surface area (Å²) in [6, 6.07) is 16.0. The molecule has 0 saturated heterocycles. The molecule has 0 spiro atoms. The van der Waals surface area contributed by atoms with Crippen LogP contribution in [0.15, 0.2) is 59.1 Å². The highest BCUT2D eigenvalue weighted by molar-refractivity contribution is 9.10. The lowest BCUT2D eigenvalue weighted by Gasteiger charge is -2.13. The predicted molar refractivity (Wildman–Crippen MR) is 84.4 cm³/mol. The molecular formula is C15H12BrNOS. The van der Waals surface area contributed by atoms with Crippen LogP contribution in [0.3, 0.4) is 0 Å². The third-order valence-corrected chi connectivity index (χ3v) is 3.91. The molecule has 0 aromatic heterocycles. The maximum absolute atomic E-state index is 12.3. The fraction of sp³-hybridized carbons (Fsp3) is 0.0667. The number of hydrogen-bond donors (Lipinski definition) is 1. The average molecular weight is 334 g/mol. The molecule has 0 heterocycles. The van der Waals surface area contributed by atoms with Gasteiger partial charge in [0.25, 0.3) is 0 Å². The molecule has 0 aliphatic carbocycles. The number of Topliss-reactive ketones (excluding diaryl/α,β-unsaturated/α-hetero) is 1. The van der Waals surface area contributed by atoms with Gasteiger partial charge in [0.15, 0.2) is 0 Å². The van der Waals surface area contributed by atoms with E-state index in [9.17, 15) is 4.79 Å². The summed E-state index contributed by atoms with van der Waals surface area (Å²) in [5.41, 5.74) is 7.43. The molecule has 19 heavy (non-hydrogen) atoms. The van der Waals surface area contributed by atoms with Crippen LogP contribution in [0.5, 0.6) is 0 Å². The summed E-state index contributed by atoms with van der Waals surface area (Å²) in [5, 5.41) is 0. The summed E-state index contributed by atoms with van der Waals surface area (Å²) in [5.74, 6) is -0.209. The van der Waals surface area contributed by atoms with Gasteiger partial charge in [0.2, 0.25) is 5.78 Å². The molecule has 2 aromatic rings. The predicted octanol–water partition coefficient (Wildman–Crippen LogP) is 3.70. The van der Waals surface area contributed by atoms with E-state index in [-0.39, 0.29) is 10.6 Å². The molecule has 4 heteroatoms. The number of thiocarbonyl (C=S) groups is 1. The Morgan fingerprint density at radius 1 is 1.05 bits per heavy atom. The Morgan fingerprint density at radius 3 is 2.26 bits per heavy atom. The van der Waals surface area contributed by atoms with Crippen molar-refractivity contribution >= 4 is 38.8 Å². The van der Waals surface area contributed by atoms with E-state index in [1.54, 1.807) is 12.1 Å². The molecule has 2 N–H and O–H groups in total. The Balaban J connectivity index is 2.26. The smallest absolute Gasteiger partial charge is 0.202 e. The van der Waals surface area contributed by atoms with Gasteiger partial charge in [0, 0.05) is 10.0 Å². The van der Waals surface area contributed by atoms with Crippen molar-refractivity contribution in [1.29, 1.82) is 0 Å². The molecule has 2 nitrogen and oxygen atoms in total. The molecule has 0 saturated carbocycles. The molecule has 0 fully saturated rings. The lowest BCUT2D eigenvalue weighted by Crippen LogP contribution is -2.27. The van der Waals surface area contributed by atoms with Gasteiger partial charge in [-0.3, -0.25) is 4.79 Å². The molecular weight excluding hydrogens is 322 g/mol. The zero-order valence-corrected chi connectivity index (χ0v) is 12.4. The van der Waals surface area contributed by atoms with E-state index < -0.39 is 6.04 Å². The van der Waals surface area contributed by atoms with E-state index >= 15 is 0 Å². The van der Waals surface area contributed by atoms with Crippen LogP contribution < -0.4 is 5.73 Å². The minimum absolute atomic E-state index is 0.209. The Bertz CT molecular complexity index is 613. The van der Waals surface area contributed by atoms with Gasteiger partial charge in [0.05, 0.1) is 10.9 Å². The fourth-order valence-electron chi connectivity index (χ4n) is 1.73. The average Bonchev–Trinajstić information content (AvgIpc) is 2.46. The van der Waals surface area contributed by atoms with Gasteiger partial charge in [-0.15, -0.1) is 0 Å². The number of ketones is 1. The van der Waals surface area contributed by atoms with Crippen LogP contribution in [0.2, 0.25) is 0 Å². The minimum atomic E-state index is -0.559. The van der Waals surface area contributed by atoms with Gasteiger partial charge >= 0.3 is 0 Å². The Hall–Kier alpha value is -1.36. The van der Waals surface area contributed by atoms with Crippen LogP contribution in [0, 0.1) is 0 Å². The van der Waals surface area contributed by atoms with Crippen molar-refractivity contribution in [2.24, 2.45) is 5.73 Å². The van der Waals surface area contributed by atoms with Crippen molar-refractivity contribution in [3.05, 3.63) is 70.2 Å². The first-order valence-electron chi connectivity index (χ1n) is 5.75. The topological polar surface area (TPSA) is 43.1 Å². The van der Waals surface area contributed by atoms with Gasteiger partial charge in [-0.2, -0.15) is 0 Å². The van der Waals surface area contributed by atoms with Gasteiger partial charge < -0.3 is 5.73 Å². The second-order valence-corrected chi connectivity index (χ2v) is 5.36. The maximum Gasteiger partial charge on any atom is 0.202 e. The van der Waals surface area contributed by atoms with Crippen molar-refractivity contribution in [3.8, 4) is 0 Å². The molecule has 2 aromatic carbocycles. The van der Waals surface area contributed by atoms with Crippen LogP contribution in [0.1, 0.15) is 22.0 Å². The maximum atomic E-state index is 12.3. The number of benzene rings is 2. The number of rotatable bonds is 4. The highest BCUT2D eigenvalue weighted by Gasteiger charge is 2.21. The molecule has 96 valence electrons. The van der Waals surface area contributed by atoms with Crippen LogP contribution in [0.25, 0.3) is 0 Å². The van der Waals surface area contributed by atoms with Gasteiger partial charge in [0.1, 0.15) is 0 Å². The van der Waals surface area contributed by atoms with E-state index in [2.05, 4.69) is 15.9 Å². The first-order valence-corrected chi connectivity index (χ1v) is 6.95. The number of carbonyl (C=O) groups excluding carboxylic acids is 1. The Morgan fingerprint density at radius 2 is 1.63 bits per heavy atom. The molecule has 1 atom stereocenters. The molecule has 1 unspecified atom stereocenters. The monoisotopic (exact) mass is 333 g/mol. The number of hydrogen-bond acceptors (Lipinski definition) is 3. The van der Waals surface area contributed by atoms with Crippen LogP contribution >= 0.6 is 28.1 Å². The zero-order chi connectivity index (χ0) is 13.8. The molecule has 2 rings (SSSR count). The van der Waals surface area contributed by atoms with Crippen molar-refractivity contribution in [1.82, 2.24) is 0 Å². The molecule has 0 aliphatic heterocycles. The molecule has 0 aliphatic rings. The SMILES string of the molecule is NC(C(=S)C(=O)c1ccccc1Br)c1ccccc1. The van der Waals surface area contributed by atoms with E-state index in [4.69, 9.17) is 18.0 Å². The molecule has 0 amide bonds. The Labute approximate surface area is 125 Å². The summed E-state index contributed by atoms with van der Waals surface area (Å²) in [6.07, 6.45) is 0. The summed E-state index contributed by atoms with van der Waals surface area (Å²) < 4.78 is 0.725. The van der Waals surface area contributed by atoms with E-state index in [0.717, 1.165) is 10.0 Å². The lowest BCUT2D eigenvalue weighted by molar-refractivity contribution is 0.106. The standard InChI is InChI=1S/C15H12BrNOS/c16-12-9-5-4-8-11(12)14(18)15(19)13(17)10-6-2-1-3-7-10/h1-9,13H,17H2. The number of carbonyl (C=O) groups is 1. The quantitative estimate of drug-likeness (QED) is 0.685. The highest BCUT2D eigenvalue weighted by Crippen LogP contribution is 2.20. The van der Waals surface area contributed by atoms with Crippen molar-refractivity contribution in [2.45, 2.75) is 6.04 Å². The largest absolute Gasteiger partial charge is 0.319 e. The zero-order valence-electron chi connectivity index (χ0n) is 10.0. The van der Waals surface area contributed by atoms with Crippen molar-refractivity contribution in [2.75, 3.05) is 0 Å². The second kappa shape index (κ2) is 6.19. The third-order valence-electron chi connectivity index (χ3n) is 2.78. The summed E-state index contributed by atoms with van der Waals surface area (Å²) in [7, 11) is 0. The van der Waals surface area contributed by atoms with Gasteiger partial charge in [-0.1, -0.05) is 70.6 Å². The van der Waals surface area contributed by atoms with E-state index in [0.29, 0.717) is 5.56 Å². The van der Waals surface area contributed by atoms with E-state index in [1.165, 1.54) is 0 Å². The van der Waals surface area contributed by atoms with Gasteiger partial charge in [-0.25, -0.2) is 0 Å². The van der Waals surface area contributed by atoms with Crippen LogP contribution in [0.4, 0.5) is 0 Å². The summed E-state index contributed by atoms with van der Waals surface area (Å²) in [6.45, 7) is 0. The summed E-state index contributed by atoms with van der Waals surface area (Å²) >= 11 is 8.58. The minimum Gasteiger partial charge on any atom is -0.319 e.